The lowest BCUT2D eigenvalue weighted by molar-refractivity contribution is -0.121. The highest BCUT2D eigenvalue weighted by Crippen LogP contribution is 2.42. The van der Waals surface area contributed by atoms with Gasteiger partial charge in [0.1, 0.15) is 5.78 Å². The van der Waals surface area contributed by atoms with Crippen molar-refractivity contribution in [2.24, 2.45) is 0 Å². The molecule has 23 heavy (non-hydrogen) atoms. The van der Waals surface area contributed by atoms with E-state index in [2.05, 4.69) is 0 Å². The van der Waals surface area contributed by atoms with E-state index in [1.54, 1.807) is 7.11 Å². The molecule has 0 amide bonds. The Hall–Kier alpha value is -1.58. The van der Waals surface area contributed by atoms with Crippen LogP contribution in [-0.2, 0) is 10.2 Å². The molecule has 0 unspecified atom stereocenters. The van der Waals surface area contributed by atoms with Gasteiger partial charge in [0, 0.05) is 18.3 Å². The maximum atomic E-state index is 13.9. The van der Waals surface area contributed by atoms with Crippen molar-refractivity contribution in [3.63, 3.8) is 0 Å². The number of ketones is 1. The van der Waals surface area contributed by atoms with Crippen molar-refractivity contribution < 1.29 is 18.7 Å². The molecule has 0 aromatic heterocycles. The van der Waals surface area contributed by atoms with Crippen LogP contribution in [0, 0.1) is 0 Å². The third kappa shape index (κ3) is 3.36. The van der Waals surface area contributed by atoms with Gasteiger partial charge in [-0.3, -0.25) is 9.18 Å². The van der Waals surface area contributed by atoms with Crippen LogP contribution in [0.5, 0.6) is 11.5 Å². The van der Waals surface area contributed by atoms with E-state index < -0.39 is 12.1 Å². The molecule has 1 aromatic carbocycles. The number of Topliss-reactive ketones (excluding diaryl/α,β-unsaturated/α-hetero) is 1. The molecule has 2 saturated carbocycles. The Morgan fingerprint density at radius 3 is 2.48 bits per heavy atom. The van der Waals surface area contributed by atoms with Gasteiger partial charge in [0.2, 0.25) is 0 Å². The molecule has 3 rings (SSSR count). The first-order valence-electron chi connectivity index (χ1n) is 8.60. The van der Waals surface area contributed by atoms with Crippen LogP contribution in [0.1, 0.15) is 56.9 Å². The van der Waals surface area contributed by atoms with Crippen molar-refractivity contribution in [3.05, 3.63) is 23.8 Å². The van der Waals surface area contributed by atoms with Gasteiger partial charge in [-0.2, -0.15) is 0 Å². The minimum atomic E-state index is -0.548. The zero-order valence-corrected chi connectivity index (χ0v) is 13.8. The number of benzene rings is 1. The van der Waals surface area contributed by atoms with E-state index in [-0.39, 0.29) is 11.9 Å². The van der Waals surface area contributed by atoms with Crippen molar-refractivity contribution in [2.75, 3.05) is 13.8 Å². The van der Waals surface area contributed by atoms with Crippen LogP contribution in [0.4, 0.5) is 4.39 Å². The zero-order chi connectivity index (χ0) is 16.3. The largest absolute Gasteiger partial charge is 0.493 e. The number of ether oxygens (including phenoxy) is 2. The summed E-state index contributed by atoms with van der Waals surface area (Å²) in [6.45, 7) is -0.435. The van der Waals surface area contributed by atoms with E-state index in [0.717, 1.165) is 18.4 Å². The van der Waals surface area contributed by atoms with Crippen molar-refractivity contribution >= 4 is 5.78 Å². The van der Waals surface area contributed by atoms with Gasteiger partial charge in [-0.15, -0.1) is 0 Å². The average molecular weight is 320 g/mol. The molecule has 4 heteroatoms. The number of methoxy groups -OCH3 is 1. The van der Waals surface area contributed by atoms with E-state index in [4.69, 9.17) is 9.47 Å². The summed E-state index contributed by atoms with van der Waals surface area (Å²) in [5, 5.41) is 0. The second-order valence-electron chi connectivity index (χ2n) is 6.84. The smallest absolute Gasteiger partial charge is 0.161 e. The number of halogens is 1. The maximum Gasteiger partial charge on any atom is 0.161 e. The molecule has 0 radical (unpaired) electrons. The number of hydrogen-bond donors (Lipinski definition) is 0. The SMILES string of the molecule is COc1ccc(C2(CF)CCC(=O)CC2)cc1OC1CCCC1. The van der Waals surface area contributed by atoms with Gasteiger partial charge >= 0.3 is 0 Å². The van der Waals surface area contributed by atoms with E-state index in [1.165, 1.54) is 12.8 Å². The summed E-state index contributed by atoms with van der Waals surface area (Å²) in [5.74, 6) is 1.65. The second kappa shape index (κ2) is 6.90. The summed E-state index contributed by atoms with van der Waals surface area (Å²) in [5.41, 5.74) is 0.384. The van der Waals surface area contributed by atoms with Gasteiger partial charge in [0.15, 0.2) is 11.5 Å². The first-order valence-corrected chi connectivity index (χ1v) is 8.60. The van der Waals surface area contributed by atoms with Gasteiger partial charge in [0.25, 0.3) is 0 Å². The van der Waals surface area contributed by atoms with E-state index in [9.17, 15) is 9.18 Å². The van der Waals surface area contributed by atoms with Gasteiger partial charge in [-0.25, -0.2) is 0 Å². The minimum Gasteiger partial charge on any atom is -0.493 e. The molecule has 2 fully saturated rings. The third-order valence-corrected chi connectivity index (χ3v) is 5.39. The Labute approximate surface area is 137 Å². The fourth-order valence-corrected chi connectivity index (χ4v) is 3.79. The molecule has 0 saturated heterocycles. The third-order valence-electron chi connectivity index (χ3n) is 5.39. The second-order valence-corrected chi connectivity index (χ2v) is 6.84. The Morgan fingerprint density at radius 1 is 1.17 bits per heavy atom. The highest BCUT2D eigenvalue weighted by atomic mass is 19.1. The number of alkyl halides is 1. The van der Waals surface area contributed by atoms with Gasteiger partial charge in [-0.1, -0.05) is 6.07 Å². The first kappa shape index (κ1) is 16.3. The molecule has 0 N–H and O–H groups in total. The highest BCUT2D eigenvalue weighted by molar-refractivity contribution is 5.79. The topological polar surface area (TPSA) is 35.5 Å². The Kier molecular flexibility index (Phi) is 4.88. The number of hydrogen-bond acceptors (Lipinski definition) is 3. The summed E-state index contributed by atoms with van der Waals surface area (Å²) in [6.07, 6.45) is 6.85. The number of carbonyl (C=O) groups excluding carboxylic acids is 1. The molecule has 2 aliphatic carbocycles. The van der Waals surface area contributed by atoms with Crippen molar-refractivity contribution in [1.29, 1.82) is 0 Å². The van der Waals surface area contributed by atoms with E-state index in [0.29, 0.717) is 37.2 Å². The van der Waals surface area contributed by atoms with Crippen LogP contribution in [0.2, 0.25) is 0 Å². The molecular formula is C19H25FO3. The summed E-state index contributed by atoms with van der Waals surface area (Å²) < 4.78 is 25.4. The van der Waals surface area contributed by atoms with Crippen LogP contribution < -0.4 is 9.47 Å². The maximum absolute atomic E-state index is 13.9. The predicted octanol–water partition coefficient (Wildman–Crippen LogP) is 4.37. The fourth-order valence-electron chi connectivity index (χ4n) is 3.79. The van der Waals surface area contributed by atoms with Gasteiger partial charge in [-0.05, 0) is 56.2 Å². The molecule has 2 aliphatic rings. The summed E-state index contributed by atoms with van der Waals surface area (Å²) in [4.78, 5) is 11.5. The molecule has 1 aromatic rings. The predicted molar refractivity (Wildman–Crippen MR) is 87.0 cm³/mol. The summed E-state index contributed by atoms with van der Waals surface area (Å²) in [6, 6.07) is 5.73. The van der Waals surface area contributed by atoms with Crippen LogP contribution in [-0.4, -0.2) is 25.7 Å². The standard InChI is InChI=1S/C19H25FO3/c1-22-17-7-6-14(12-18(17)23-16-4-2-3-5-16)19(13-20)10-8-15(21)9-11-19/h6-7,12,16H,2-5,8-11,13H2,1H3. The highest BCUT2D eigenvalue weighted by Gasteiger charge is 2.37. The minimum absolute atomic E-state index is 0.230. The Balaban J connectivity index is 1.87. The van der Waals surface area contributed by atoms with E-state index in [1.807, 2.05) is 18.2 Å². The van der Waals surface area contributed by atoms with Crippen LogP contribution in [0.3, 0.4) is 0 Å². The quantitative estimate of drug-likeness (QED) is 0.808. The lowest BCUT2D eigenvalue weighted by Gasteiger charge is -2.35. The fraction of sp³-hybridized carbons (Fsp3) is 0.632. The molecule has 0 bridgehead atoms. The van der Waals surface area contributed by atoms with Crippen LogP contribution >= 0.6 is 0 Å². The molecule has 3 nitrogen and oxygen atoms in total. The zero-order valence-electron chi connectivity index (χ0n) is 13.8. The van der Waals surface area contributed by atoms with Crippen molar-refractivity contribution in [2.45, 2.75) is 62.9 Å². The summed E-state index contributed by atoms with van der Waals surface area (Å²) in [7, 11) is 1.63. The number of carbonyl (C=O) groups is 1. The van der Waals surface area contributed by atoms with Gasteiger partial charge in [0.05, 0.1) is 19.9 Å². The van der Waals surface area contributed by atoms with Crippen molar-refractivity contribution in [1.82, 2.24) is 0 Å². The molecule has 0 spiro atoms. The Bertz CT molecular complexity index is 554. The van der Waals surface area contributed by atoms with Crippen LogP contribution in [0.15, 0.2) is 18.2 Å². The average Bonchev–Trinajstić information content (AvgIpc) is 3.09. The van der Waals surface area contributed by atoms with E-state index >= 15 is 0 Å². The monoisotopic (exact) mass is 320 g/mol. The first-order chi connectivity index (χ1) is 11.2. The Morgan fingerprint density at radius 2 is 1.87 bits per heavy atom. The van der Waals surface area contributed by atoms with Crippen molar-refractivity contribution in [3.8, 4) is 11.5 Å². The lowest BCUT2D eigenvalue weighted by atomic mass is 9.70. The summed E-state index contributed by atoms with van der Waals surface area (Å²) >= 11 is 0. The lowest BCUT2D eigenvalue weighted by Crippen LogP contribution is -2.34. The van der Waals surface area contributed by atoms with Crippen LogP contribution in [0.25, 0.3) is 0 Å². The molecule has 126 valence electrons. The van der Waals surface area contributed by atoms with Gasteiger partial charge < -0.3 is 9.47 Å². The molecular weight excluding hydrogens is 295 g/mol. The molecule has 0 aliphatic heterocycles. The normalized spacial score (nSPS) is 21.4. The number of rotatable bonds is 5. The molecule has 0 atom stereocenters. The molecule has 0 heterocycles.